The highest BCUT2D eigenvalue weighted by Crippen LogP contribution is 2.27. The van der Waals surface area contributed by atoms with Gasteiger partial charge in [-0.3, -0.25) is 9.59 Å². The van der Waals surface area contributed by atoms with Gasteiger partial charge in [0.15, 0.2) is 5.78 Å². The monoisotopic (exact) mass is 334 g/mol. The van der Waals surface area contributed by atoms with Gasteiger partial charge in [-0.05, 0) is 31.8 Å². The van der Waals surface area contributed by atoms with E-state index in [0.29, 0.717) is 12.8 Å². The number of rotatable bonds is 12. The van der Waals surface area contributed by atoms with Gasteiger partial charge in [-0.15, -0.1) is 0 Å². The van der Waals surface area contributed by atoms with E-state index in [1.54, 1.807) is 6.08 Å². The third kappa shape index (κ3) is 8.25. The maximum atomic E-state index is 12.0. The summed E-state index contributed by atoms with van der Waals surface area (Å²) in [6.45, 7) is 2.14. The first-order valence-electron chi connectivity index (χ1n) is 8.99. The molecule has 0 saturated heterocycles. The van der Waals surface area contributed by atoms with Gasteiger partial charge in [0.25, 0.3) is 0 Å². The molecule has 0 bridgehead atoms. The number of hydrogen-bond acceptors (Lipinski definition) is 3. The van der Waals surface area contributed by atoms with E-state index in [4.69, 9.17) is 5.11 Å². The van der Waals surface area contributed by atoms with Crippen molar-refractivity contribution < 1.29 is 19.8 Å². The molecule has 0 fully saturated rings. The van der Waals surface area contributed by atoms with Crippen LogP contribution in [-0.2, 0) is 9.59 Å². The van der Waals surface area contributed by atoms with Gasteiger partial charge < -0.3 is 10.2 Å². The summed E-state index contributed by atoms with van der Waals surface area (Å²) in [6.07, 6.45) is 17.0. The van der Waals surface area contributed by atoms with Gasteiger partial charge in [0, 0.05) is 18.3 Å². The molecule has 0 saturated carbocycles. The minimum atomic E-state index is -0.777. The van der Waals surface area contributed by atoms with Crippen LogP contribution in [0.1, 0.15) is 58.3 Å². The number of hydrogen-bond donors (Lipinski definition) is 2. The SMILES string of the molecule is CCCCC[C@@H](O)C=C[C@H]1C=CC(=O)[C@H]1CC=CCCCC(=O)O. The van der Waals surface area contributed by atoms with Crippen LogP contribution >= 0.6 is 0 Å². The molecule has 0 aromatic heterocycles. The molecule has 3 atom stereocenters. The van der Waals surface area contributed by atoms with Crippen LogP contribution in [0.25, 0.3) is 0 Å². The molecule has 0 amide bonds. The molecule has 0 unspecified atom stereocenters. The van der Waals surface area contributed by atoms with Gasteiger partial charge in [0.05, 0.1) is 6.10 Å². The van der Waals surface area contributed by atoms with Gasteiger partial charge in [-0.2, -0.15) is 0 Å². The van der Waals surface area contributed by atoms with Crippen LogP contribution in [0.5, 0.6) is 0 Å². The maximum absolute atomic E-state index is 12.0. The summed E-state index contributed by atoms with van der Waals surface area (Å²) >= 11 is 0. The van der Waals surface area contributed by atoms with Crippen LogP contribution < -0.4 is 0 Å². The van der Waals surface area contributed by atoms with Crippen LogP contribution in [0.15, 0.2) is 36.5 Å². The summed E-state index contributed by atoms with van der Waals surface area (Å²) in [7, 11) is 0. The molecular formula is C20H30O4. The number of aliphatic hydroxyl groups is 1. The van der Waals surface area contributed by atoms with Crippen molar-refractivity contribution in [2.24, 2.45) is 11.8 Å². The van der Waals surface area contributed by atoms with Gasteiger partial charge in [0.2, 0.25) is 0 Å². The average molecular weight is 334 g/mol. The zero-order valence-electron chi connectivity index (χ0n) is 14.6. The molecule has 24 heavy (non-hydrogen) atoms. The number of allylic oxidation sites excluding steroid dienone is 5. The Labute approximate surface area is 145 Å². The number of aliphatic carboxylic acids is 1. The zero-order chi connectivity index (χ0) is 17.8. The molecule has 0 aromatic carbocycles. The molecule has 134 valence electrons. The van der Waals surface area contributed by atoms with E-state index in [1.807, 2.05) is 30.4 Å². The van der Waals surface area contributed by atoms with Crippen molar-refractivity contribution in [3.05, 3.63) is 36.5 Å². The fourth-order valence-corrected chi connectivity index (χ4v) is 2.81. The Balaban J connectivity index is 2.38. The summed E-state index contributed by atoms with van der Waals surface area (Å²) in [5.41, 5.74) is 0. The van der Waals surface area contributed by atoms with E-state index < -0.39 is 12.1 Å². The standard InChI is InChI=1S/C20H30O4/c1-2-3-6-9-17(21)14-12-16-13-15-19(22)18(16)10-7-4-5-8-11-20(23)24/h4,7,12-18,21H,2-3,5-6,8-11H2,1H3,(H,23,24)/t16-,17+,18-/m0/s1. The van der Waals surface area contributed by atoms with Crippen LogP contribution in [-0.4, -0.2) is 28.1 Å². The lowest BCUT2D eigenvalue weighted by molar-refractivity contribution is -0.137. The normalized spacial score (nSPS) is 22.0. The number of ketones is 1. The van der Waals surface area contributed by atoms with Crippen LogP contribution in [0.3, 0.4) is 0 Å². The van der Waals surface area contributed by atoms with Crippen molar-refractivity contribution in [2.75, 3.05) is 0 Å². The highest BCUT2D eigenvalue weighted by atomic mass is 16.4. The lowest BCUT2D eigenvalue weighted by Crippen LogP contribution is -2.14. The van der Waals surface area contributed by atoms with Crippen molar-refractivity contribution in [3.8, 4) is 0 Å². The third-order valence-corrected chi connectivity index (χ3v) is 4.29. The van der Waals surface area contributed by atoms with Gasteiger partial charge in [0.1, 0.15) is 0 Å². The second-order valence-electron chi connectivity index (χ2n) is 6.39. The smallest absolute Gasteiger partial charge is 0.303 e. The predicted octanol–water partition coefficient (Wildman–Crippen LogP) is 4.06. The summed E-state index contributed by atoms with van der Waals surface area (Å²) in [6, 6.07) is 0. The molecule has 4 nitrogen and oxygen atoms in total. The van der Waals surface area contributed by atoms with Crippen molar-refractivity contribution in [1.82, 2.24) is 0 Å². The van der Waals surface area contributed by atoms with E-state index in [0.717, 1.165) is 32.1 Å². The first-order valence-corrected chi connectivity index (χ1v) is 8.99. The molecule has 1 rings (SSSR count). The number of aliphatic hydroxyl groups excluding tert-OH is 1. The topological polar surface area (TPSA) is 74.6 Å². The predicted molar refractivity (Wildman–Crippen MR) is 95.7 cm³/mol. The number of carboxylic acids is 1. The quantitative estimate of drug-likeness (QED) is 0.417. The van der Waals surface area contributed by atoms with Crippen LogP contribution in [0.2, 0.25) is 0 Å². The maximum Gasteiger partial charge on any atom is 0.303 e. The average Bonchev–Trinajstić information content (AvgIpc) is 2.89. The number of carbonyl (C=O) groups is 2. The Hall–Kier alpha value is -1.68. The zero-order valence-corrected chi connectivity index (χ0v) is 14.6. The summed E-state index contributed by atoms with van der Waals surface area (Å²) in [5, 5.41) is 18.5. The Morgan fingerprint density at radius 1 is 1.29 bits per heavy atom. The van der Waals surface area contributed by atoms with Crippen LogP contribution in [0.4, 0.5) is 0 Å². The molecule has 0 spiro atoms. The first-order chi connectivity index (χ1) is 11.5. The first kappa shape index (κ1) is 20.4. The Bertz CT molecular complexity index is 476. The highest BCUT2D eigenvalue weighted by molar-refractivity contribution is 5.95. The summed E-state index contributed by atoms with van der Waals surface area (Å²) < 4.78 is 0. The van der Waals surface area contributed by atoms with Gasteiger partial charge in [-0.1, -0.05) is 56.6 Å². The number of carbonyl (C=O) groups excluding carboxylic acids is 1. The fourth-order valence-electron chi connectivity index (χ4n) is 2.81. The molecule has 0 aromatic rings. The largest absolute Gasteiger partial charge is 0.481 e. The highest BCUT2D eigenvalue weighted by Gasteiger charge is 2.27. The van der Waals surface area contributed by atoms with E-state index in [2.05, 4.69) is 6.92 Å². The van der Waals surface area contributed by atoms with Gasteiger partial charge >= 0.3 is 5.97 Å². The molecule has 0 heterocycles. The Morgan fingerprint density at radius 3 is 2.79 bits per heavy atom. The fraction of sp³-hybridized carbons (Fsp3) is 0.600. The second-order valence-corrected chi connectivity index (χ2v) is 6.39. The van der Waals surface area contributed by atoms with Crippen LogP contribution in [0, 0.1) is 11.8 Å². The minimum absolute atomic E-state index is 0.0435. The second kappa shape index (κ2) is 11.8. The van der Waals surface area contributed by atoms with E-state index in [1.165, 1.54) is 0 Å². The van der Waals surface area contributed by atoms with E-state index >= 15 is 0 Å². The molecule has 2 N–H and O–H groups in total. The third-order valence-electron chi connectivity index (χ3n) is 4.29. The van der Waals surface area contributed by atoms with Gasteiger partial charge in [-0.25, -0.2) is 0 Å². The molecule has 4 heteroatoms. The van der Waals surface area contributed by atoms with E-state index in [9.17, 15) is 14.7 Å². The van der Waals surface area contributed by atoms with E-state index in [-0.39, 0.29) is 24.0 Å². The minimum Gasteiger partial charge on any atom is -0.481 e. The number of unbranched alkanes of at least 4 members (excludes halogenated alkanes) is 3. The van der Waals surface area contributed by atoms with Crippen molar-refractivity contribution in [3.63, 3.8) is 0 Å². The molecule has 1 aliphatic carbocycles. The molecule has 0 aliphatic heterocycles. The van der Waals surface area contributed by atoms with Crippen molar-refractivity contribution in [1.29, 1.82) is 0 Å². The summed E-state index contributed by atoms with van der Waals surface area (Å²) in [5.74, 6) is -0.705. The molecule has 1 aliphatic rings. The Kier molecular flexibility index (Phi) is 10.0. The number of carboxylic acid groups (broad SMARTS) is 1. The molecule has 0 radical (unpaired) electrons. The summed E-state index contributed by atoms with van der Waals surface area (Å²) in [4.78, 5) is 22.4. The Morgan fingerprint density at radius 2 is 2.08 bits per heavy atom. The lowest BCUT2D eigenvalue weighted by atomic mass is 9.90. The van der Waals surface area contributed by atoms with Crippen molar-refractivity contribution >= 4 is 11.8 Å². The van der Waals surface area contributed by atoms with Crippen molar-refractivity contribution in [2.45, 2.75) is 64.4 Å². The lowest BCUT2D eigenvalue weighted by Gasteiger charge is -2.13. The molecular weight excluding hydrogens is 304 g/mol.